The minimum Gasteiger partial charge on any atom is -0.426 e. The van der Waals surface area contributed by atoms with Crippen LogP contribution in [0, 0.1) is 0 Å². The number of nitrogens with zero attached hydrogens (tertiary/aromatic N) is 2. The maximum atomic E-state index is 12.5. The van der Waals surface area contributed by atoms with Crippen molar-refractivity contribution in [2.75, 3.05) is 0 Å². The Labute approximate surface area is 182 Å². The number of amides is 1. The molecule has 3 aromatic rings. The molecular formula is C22H23N3O5S. The third-order valence-electron chi connectivity index (χ3n) is 4.48. The van der Waals surface area contributed by atoms with Gasteiger partial charge in [0.1, 0.15) is 5.75 Å². The molecule has 0 saturated carbocycles. The molecule has 1 aromatic heterocycles. The third kappa shape index (κ3) is 5.58. The first kappa shape index (κ1) is 22.2. The second kappa shape index (κ2) is 10.0. The van der Waals surface area contributed by atoms with E-state index in [4.69, 9.17) is 4.74 Å². The number of hydrogen-bond donors (Lipinski definition) is 1. The molecule has 0 atom stereocenters. The SMILES string of the molecule is CCCn1sc(=O)n(Cc2ccc(CNC(=O)c3ccccc3OC(C)=O)cc2)c1=O. The summed E-state index contributed by atoms with van der Waals surface area (Å²) in [6, 6.07) is 13.8. The van der Waals surface area contributed by atoms with Gasteiger partial charge in [-0.05, 0) is 29.7 Å². The van der Waals surface area contributed by atoms with Gasteiger partial charge in [-0.15, -0.1) is 0 Å². The molecule has 0 unspecified atom stereocenters. The molecule has 0 bridgehead atoms. The lowest BCUT2D eigenvalue weighted by Gasteiger charge is -2.10. The van der Waals surface area contributed by atoms with Gasteiger partial charge in [-0.2, -0.15) is 0 Å². The summed E-state index contributed by atoms with van der Waals surface area (Å²) in [5.74, 6) is -0.651. The van der Waals surface area contributed by atoms with Crippen LogP contribution in [0.4, 0.5) is 0 Å². The summed E-state index contributed by atoms with van der Waals surface area (Å²) in [7, 11) is 0. The van der Waals surface area contributed by atoms with Crippen molar-refractivity contribution in [3.05, 3.63) is 85.4 Å². The summed E-state index contributed by atoms with van der Waals surface area (Å²) in [5, 5.41) is 2.80. The van der Waals surface area contributed by atoms with Crippen LogP contribution in [0.5, 0.6) is 5.75 Å². The zero-order valence-electron chi connectivity index (χ0n) is 17.3. The number of carbonyl (C=O) groups is 2. The predicted octanol–water partition coefficient (Wildman–Crippen LogP) is 2.39. The lowest BCUT2D eigenvalue weighted by molar-refractivity contribution is -0.131. The summed E-state index contributed by atoms with van der Waals surface area (Å²) in [6.45, 7) is 4.24. The lowest BCUT2D eigenvalue weighted by Crippen LogP contribution is -2.29. The normalized spacial score (nSPS) is 10.6. The average molecular weight is 442 g/mol. The Morgan fingerprint density at radius 1 is 1.03 bits per heavy atom. The summed E-state index contributed by atoms with van der Waals surface area (Å²) in [5.41, 5.74) is 1.65. The van der Waals surface area contributed by atoms with E-state index in [0.717, 1.165) is 29.1 Å². The molecule has 2 aromatic carbocycles. The Kier molecular flexibility index (Phi) is 7.19. The lowest BCUT2D eigenvalue weighted by atomic mass is 10.1. The minimum atomic E-state index is -0.498. The van der Waals surface area contributed by atoms with E-state index in [2.05, 4.69) is 5.32 Å². The Balaban J connectivity index is 1.64. The summed E-state index contributed by atoms with van der Waals surface area (Å²) in [4.78, 5) is 47.8. The van der Waals surface area contributed by atoms with Crippen LogP contribution < -0.4 is 20.6 Å². The van der Waals surface area contributed by atoms with Gasteiger partial charge < -0.3 is 10.1 Å². The highest BCUT2D eigenvalue weighted by Crippen LogP contribution is 2.18. The summed E-state index contributed by atoms with van der Waals surface area (Å²) >= 11 is 0.935. The summed E-state index contributed by atoms with van der Waals surface area (Å²) in [6.07, 6.45) is 0.783. The van der Waals surface area contributed by atoms with E-state index in [1.807, 2.05) is 31.2 Å². The molecule has 0 saturated heterocycles. The van der Waals surface area contributed by atoms with E-state index in [-0.39, 0.29) is 40.9 Å². The molecule has 0 aliphatic rings. The van der Waals surface area contributed by atoms with Crippen molar-refractivity contribution in [3.63, 3.8) is 0 Å². The van der Waals surface area contributed by atoms with Crippen LogP contribution in [-0.4, -0.2) is 20.4 Å². The fourth-order valence-corrected chi connectivity index (χ4v) is 3.87. The number of aryl methyl sites for hydroxylation is 1. The van der Waals surface area contributed by atoms with E-state index in [0.29, 0.717) is 6.54 Å². The van der Waals surface area contributed by atoms with Crippen molar-refractivity contribution in [2.45, 2.75) is 39.9 Å². The number of esters is 1. The molecule has 1 heterocycles. The van der Waals surface area contributed by atoms with E-state index in [9.17, 15) is 19.2 Å². The highest BCUT2D eigenvalue weighted by molar-refractivity contribution is 7.03. The van der Waals surface area contributed by atoms with Crippen molar-refractivity contribution in [3.8, 4) is 5.75 Å². The number of nitrogens with one attached hydrogen (secondary N) is 1. The van der Waals surface area contributed by atoms with Gasteiger partial charge in [0.05, 0.1) is 12.1 Å². The van der Waals surface area contributed by atoms with Gasteiger partial charge >= 0.3 is 16.5 Å². The van der Waals surface area contributed by atoms with Crippen molar-refractivity contribution < 1.29 is 14.3 Å². The van der Waals surface area contributed by atoms with Gasteiger partial charge in [0, 0.05) is 31.5 Å². The first-order valence-electron chi connectivity index (χ1n) is 9.83. The van der Waals surface area contributed by atoms with Crippen LogP contribution in [0.15, 0.2) is 58.1 Å². The van der Waals surface area contributed by atoms with Crippen LogP contribution in [0.25, 0.3) is 0 Å². The molecule has 1 amide bonds. The quantitative estimate of drug-likeness (QED) is 0.427. The number of rotatable bonds is 8. The molecule has 31 heavy (non-hydrogen) atoms. The maximum absolute atomic E-state index is 12.5. The molecule has 0 aliphatic heterocycles. The second-order valence-corrected chi connectivity index (χ2v) is 7.89. The number of para-hydroxylation sites is 1. The van der Waals surface area contributed by atoms with Crippen LogP contribution in [-0.2, 0) is 24.4 Å². The van der Waals surface area contributed by atoms with Gasteiger partial charge in [-0.25, -0.2) is 13.3 Å². The number of benzene rings is 2. The number of hydrogen-bond acceptors (Lipinski definition) is 6. The number of ether oxygens (including phenoxy) is 1. The van der Waals surface area contributed by atoms with E-state index in [1.54, 1.807) is 24.3 Å². The molecule has 8 nitrogen and oxygen atoms in total. The van der Waals surface area contributed by atoms with Gasteiger partial charge in [0.25, 0.3) is 5.91 Å². The average Bonchev–Trinajstić information content (AvgIpc) is 3.00. The zero-order chi connectivity index (χ0) is 22.4. The predicted molar refractivity (Wildman–Crippen MR) is 118 cm³/mol. The van der Waals surface area contributed by atoms with Gasteiger partial charge in [-0.1, -0.05) is 43.3 Å². The van der Waals surface area contributed by atoms with Gasteiger partial charge in [-0.3, -0.25) is 14.4 Å². The fraction of sp³-hybridized carbons (Fsp3) is 0.273. The highest BCUT2D eigenvalue weighted by atomic mass is 32.1. The second-order valence-electron chi connectivity index (χ2n) is 6.92. The fourth-order valence-electron chi connectivity index (χ4n) is 2.99. The smallest absolute Gasteiger partial charge is 0.341 e. The summed E-state index contributed by atoms with van der Waals surface area (Å²) < 4.78 is 7.77. The molecule has 162 valence electrons. The van der Waals surface area contributed by atoms with Crippen molar-refractivity contribution in [2.24, 2.45) is 0 Å². The molecule has 3 rings (SSSR count). The molecule has 0 radical (unpaired) electrons. The van der Waals surface area contributed by atoms with E-state index >= 15 is 0 Å². The Morgan fingerprint density at radius 3 is 2.39 bits per heavy atom. The Hall–Kier alpha value is -3.46. The Bertz CT molecular complexity index is 1190. The molecule has 0 fully saturated rings. The zero-order valence-corrected chi connectivity index (χ0v) is 18.1. The van der Waals surface area contributed by atoms with Crippen molar-refractivity contribution >= 4 is 23.4 Å². The van der Waals surface area contributed by atoms with Crippen LogP contribution in [0.1, 0.15) is 41.8 Å². The van der Waals surface area contributed by atoms with E-state index < -0.39 is 5.97 Å². The molecule has 0 aliphatic carbocycles. The van der Waals surface area contributed by atoms with Crippen LogP contribution >= 0.6 is 11.5 Å². The first-order chi connectivity index (χ1) is 14.9. The standard InChI is InChI=1S/C22H23N3O5S/c1-3-12-25-21(28)24(22(29)31-25)14-17-10-8-16(9-11-17)13-23-20(27)18-6-4-5-7-19(18)30-15(2)26/h4-11H,3,12-14H2,1-2H3,(H,23,27). The monoisotopic (exact) mass is 441 g/mol. The molecular weight excluding hydrogens is 418 g/mol. The van der Waals surface area contributed by atoms with Crippen LogP contribution in [0.2, 0.25) is 0 Å². The molecule has 1 N–H and O–H groups in total. The topological polar surface area (TPSA) is 99.4 Å². The van der Waals surface area contributed by atoms with Gasteiger partial charge in [0.15, 0.2) is 0 Å². The van der Waals surface area contributed by atoms with Crippen molar-refractivity contribution in [1.29, 1.82) is 0 Å². The minimum absolute atomic E-state index is 0.202. The van der Waals surface area contributed by atoms with Gasteiger partial charge in [0.2, 0.25) is 0 Å². The Morgan fingerprint density at radius 2 is 1.71 bits per heavy atom. The first-order valence-corrected chi connectivity index (χ1v) is 10.6. The maximum Gasteiger partial charge on any atom is 0.341 e. The largest absolute Gasteiger partial charge is 0.426 e. The van der Waals surface area contributed by atoms with E-state index in [1.165, 1.54) is 15.4 Å². The molecule has 9 heteroatoms. The van der Waals surface area contributed by atoms with Crippen LogP contribution in [0.3, 0.4) is 0 Å². The third-order valence-corrected chi connectivity index (χ3v) is 5.42. The number of aromatic nitrogens is 2. The highest BCUT2D eigenvalue weighted by Gasteiger charge is 2.13. The van der Waals surface area contributed by atoms with Crippen molar-refractivity contribution in [1.82, 2.24) is 13.8 Å². The molecule has 0 spiro atoms. The number of carbonyl (C=O) groups excluding carboxylic acids is 2.